The number of carbonyl (C=O) groups excluding carboxylic acids is 2. The summed E-state index contributed by atoms with van der Waals surface area (Å²) in [5, 5.41) is 12.9. The van der Waals surface area contributed by atoms with Gasteiger partial charge in [-0.15, -0.1) is 11.3 Å². The fourth-order valence-electron chi connectivity index (χ4n) is 4.54. The van der Waals surface area contributed by atoms with Gasteiger partial charge in [-0.25, -0.2) is 9.97 Å². The maximum atomic E-state index is 13.7. The molecule has 2 aromatic heterocycles. The van der Waals surface area contributed by atoms with Crippen molar-refractivity contribution < 1.29 is 27.9 Å². The van der Waals surface area contributed by atoms with E-state index in [4.69, 9.17) is 0 Å². The molecule has 0 aliphatic carbocycles. The number of aryl methyl sites for hydroxylation is 1. The van der Waals surface area contributed by atoms with Crippen molar-refractivity contribution in [1.29, 1.82) is 0 Å². The number of anilines is 1. The zero-order valence-corrected chi connectivity index (χ0v) is 24.3. The quantitative estimate of drug-likeness (QED) is 0.435. The highest BCUT2D eigenvalue weighted by Crippen LogP contribution is 2.36. The van der Waals surface area contributed by atoms with Crippen molar-refractivity contribution in [1.82, 2.24) is 19.8 Å². The molecule has 2 aromatic rings. The Bertz CT molecular complexity index is 1190. The molecule has 2 N–H and O–H groups in total. The van der Waals surface area contributed by atoms with E-state index in [0.717, 1.165) is 30.6 Å². The number of aliphatic hydroxyl groups is 1. The Morgan fingerprint density at radius 2 is 1.97 bits per heavy atom. The van der Waals surface area contributed by atoms with Crippen LogP contribution in [-0.2, 0) is 0 Å². The average Bonchev–Trinajstić information content (AvgIpc) is 3.29. The number of rotatable bonds is 8. The normalized spacial score (nSPS) is 18.0. The van der Waals surface area contributed by atoms with Crippen molar-refractivity contribution in [2.45, 2.75) is 97.1 Å². The van der Waals surface area contributed by atoms with Gasteiger partial charge in [-0.3, -0.25) is 9.59 Å². The molecule has 1 aliphatic rings. The van der Waals surface area contributed by atoms with Crippen molar-refractivity contribution >= 4 is 29.0 Å². The second kappa shape index (κ2) is 11.8. The fraction of sp³-hybridized carbons (Fsp3) is 0.630. The summed E-state index contributed by atoms with van der Waals surface area (Å²) >= 11 is 1.04. The van der Waals surface area contributed by atoms with Crippen LogP contribution in [0.4, 0.5) is 19.0 Å². The van der Waals surface area contributed by atoms with E-state index in [1.54, 1.807) is 39.6 Å². The first-order valence-corrected chi connectivity index (χ1v) is 14.0. The van der Waals surface area contributed by atoms with Crippen molar-refractivity contribution in [3.8, 4) is 10.4 Å². The average molecular weight is 570 g/mol. The lowest BCUT2D eigenvalue weighted by Gasteiger charge is -2.33. The van der Waals surface area contributed by atoms with Crippen LogP contribution < -0.4 is 5.32 Å². The van der Waals surface area contributed by atoms with Gasteiger partial charge in [0.1, 0.15) is 17.6 Å². The number of hydrogen-bond donors (Lipinski definition) is 2. The molecule has 216 valence electrons. The van der Waals surface area contributed by atoms with E-state index < -0.39 is 29.8 Å². The number of nitrogens with one attached hydrogen (secondary N) is 1. The highest BCUT2D eigenvalue weighted by molar-refractivity contribution is 7.17. The molecule has 0 radical (unpaired) electrons. The Kier molecular flexibility index (Phi) is 9.31. The standard InChI is InChI=1S/C27H38F3N5O3S/c1-8-19(27(28,29)30)32-20-13-15(2)18(14-31-20)22-21(24(36)35-12-10-9-11-16(35)3)33-23(39-22)25(37)34(7)17(4)26(5,6)38/h13-14,16-17,19,38H,8-12H2,1-7H3,(H,31,32)/t16-,17?,19-/m0/s1. The number of piperidine rings is 1. The lowest BCUT2D eigenvalue weighted by molar-refractivity contribution is -0.142. The van der Waals surface area contributed by atoms with Gasteiger partial charge < -0.3 is 20.2 Å². The Hall–Kier alpha value is -2.73. The summed E-state index contributed by atoms with van der Waals surface area (Å²) in [5.41, 5.74) is 0.0610. The number of halogens is 3. The largest absolute Gasteiger partial charge is 0.408 e. The van der Waals surface area contributed by atoms with E-state index in [-0.39, 0.29) is 34.9 Å². The first kappa shape index (κ1) is 30.8. The first-order chi connectivity index (χ1) is 18.1. The van der Waals surface area contributed by atoms with Crippen LogP contribution >= 0.6 is 11.3 Å². The van der Waals surface area contributed by atoms with Gasteiger partial charge in [0.2, 0.25) is 0 Å². The molecule has 1 unspecified atom stereocenters. The van der Waals surface area contributed by atoms with Crippen LogP contribution in [0.2, 0.25) is 0 Å². The summed E-state index contributed by atoms with van der Waals surface area (Å²) < 4.78 is 39.9. The fourth-order valence-corrected chi connectivity index (χ4v) is 5.66. The summed E-state index contributed by atoms with van der Waals surface area (Å²) in [7, 11) is 1.57. The SMILES string of the molecule is CC[C@H](Nc1cc(C)c(-c2sc(C(=O)N(C)C(C)C(C)(C)O)nc2C(=O)N2CCCC[C@@H]2C)cn1)C(F)(F)F. The van der Waals surface area contributed by atoms with Crippen molar-refractivity contribution in [3.63, 3.8) is 0 Å². The van der Waals surface area contributed by atoms with E-state index in [1.165, 1.54) is 24.1 Å². The van der Waals surface area contributed by atoms with Gasteiger partial charge in [-0.1, -0.05) is 6.92 Å². The topological polar surface area (TPSA) is 98.7 Å². The zero-order chi connectivity index (χ0) is 29.3. The molecule has 8 nitrogen and oxygen atoms in total. The summed E-state index contributed by atoms with van der Waals surface area (Å²) in [6, 6.07) is -0.760. The van der Waals surface area contributed by atoms with Crippen molar-refractivity contribution in [3.05, 3.63) is 28.5 Å². The molecular formula is C27H38F3N5O3S. The maximum absolute atomic E-state index is 13.7. The van der Waals surface area contributed by atoms with Gasteiger partial charge in [-0.2, -0.15) is 13.2 Å². The third-order valence-electron chi connectivity index (χ3n) is 7.48. The molecule has 1 saturated heterocycles. The van der Waals surface area contributed by atoms with E-state index in [1.807, 2.05) is 6.92 Å². The van der Waals surface area contributed by atoms with Crippen molar-refractivity contribution in [2.75, 3.05) is 18.9 Å². The lowest BCUT2D eigenvalue weighted by atomic mass is 9.99. The van der Waals surface area contributed by atoms with Crippen LogP contribution in [0.1, 0.15) is 86.2 Å². The molecule has 1 fully saturated rings. The molecular weight excluding hydrogens is 531 g/mol. The molecule has 0 aromatic carbocycles. The third kappa shape index (κ3) is 6.89. The Morgan fingerprint density at radius 1 is 1.31 bits per heavy atom. The summed E-state index contributed by atoms with van der Waals surface area (Å²) in [5.74, 6) is -0.672. The van der Waals surface area contributed by atoms with Crippen LogP contribution in [0.25, 0.3) is 10.4 Å². The second-order valence-corrected chi connectivity index (χ2v) is 11.8. The number of alkyl halides is 3. The number of amides is 2. The predicted molar refractivity (Wildman–Crippen MR) is 146 cm³/mol. The minimum absolute atomic E-state index is 0.0111. The minimum atomic E-state index is -4.42. The molecule has 3 rings (SSSR count). The summed E-state index contributed by atoms with van der Waals surface area (Å²) in [6.07, 6.45) is -0.412. The van der Waals surface area contributed by atoms with E-state index in [0.29, 0.717) is 22.5 Å². The number of carbonyl (C=O) groups is 2. The molecule has 1 aliphatic heterocycles. The highest BCUT2D eigenvalue weighted by Gasteiger charge is 2.39. The van der Waals surface area contributed by atoms with Crippen molar-refractivity contribution in [2.24, 2.45) is 0 Å². The van der Waals surface area contributed by atoms with E-state index >= 15 is 0 Å². The van der Waals surface area contributed by atoms with Crippen LogP contribution in [0.5, 0.6) is 0 Å². The van der Waals surface area contributed by atoms with Gasteiger partial charge >= 0.3 is 6.18 Å². The summed E-state index contributed by atoms with van der Waals surface area (Å²) in [6.45, 7) is 10.6. The minimum Gasteiger partial charge on any atom is -0.388 e. The number of aromatic nitrogens is 2. The van der Waals surface area contributed by atoms with Gasteiger partial charge in [0.05, 0.1) is 16.5 Å². The molecule has 2 amide bonds. The van der Waals surface area contributed by atoms with Crippen LogP contribution in [0.15, 0.2) is 12.3 Å². The number of pyridine rings is 1. The number of hydrogen-bond acceptors (Lipinski definition) is 7. The van der Waals surface area contributed by atoms with Gasteiger partial charge in [0.25, 0.3) is 11.8 Å². The molecule has 3 atom stereocenters. The molecule has 12 heteroatoms. The Labute approximate surface area is 231 Å². The molecule has 39 heavy (non-hydrogen) atoms. The van der Waals surface area contributed by atoms with Crippen LogP contribution in [0.3, 0.4) is 0 Å². The molecule has 0 bridgehead atoms. The third-order valence-corrected chi connectivity index (χ3v) is 8.56. The number of likely N-dealkylation sites (tertiary alicyclic amines) is 1. The Balaban J connectivity index is 2.05. The lowest BCUT2D eigenvalue weighted by Crippen LogP contribution is -2.48. The number of nitrogens with zero attached hydrogens (tertiary/aromatic N) is 4. The summed E-state index contributed by atoms with van der Waals surface area (Å²) in [4.78, 5) is 39.4. The number of likely N-dealkylation sites (N-methyl/N-ethyl adjacent to an activating group) is 1. The van der Waals surface area contributed by atoms with Crippen LogP contribution in [0, 0.1) is 6.92 Å². The number of thiazole rings is 1. The second-order valence-electron chi connectivity index (χ2n) is 10.8. The van der Waals surface area contributed by atoms with E-state index in [9.17, 15) is 27.9 Å². The van der Waals surface area contributed by atoms with Gasteiger partial charge in [0, 0.05) is 31.4 Å². The van der Waals surface area contributed by atoms with Gasteiger partial charge in [0.15, 0.2) is 5.01 Å². The molecule has 0 saturated carbocycles. The monoisotopic (exact) mass is 569 g/mol. The predicted octanol–water partition coefficient (Wildman–Crippen LogP) is 5.51. The smallest absolute Gasteiger partial charge is 0.388 e. The van der Waals surface area contributed by atoms with Gasteiger partial charge in [-0.05, 0) is 71.9 Å². The highest BCUT2D eigenvalue weighted by atomic mass is 32.1. The molecule has 3 heterocycles. The zero-order valence-electron chi connectivity index (χ0n) is 23.5. The first-order valence-electron chi connectivity index (χ1n) is 13.2. The Morgan fingerprint density at radius 3 is 2.51 bits per heavy atom. The molecule has 0 spiro atoms. The van der Waals surface area contributed by atoms with E-state index in [2.05, 4.69) is 15.3 Å². The van der Waals surface area contributed by atoms with Crippen LogP contribution in [-0.4, -0.2) is 80.2 Å². The maximum Gasteiger partial charge on any atom is 0.408 e.